The highest BCUT2D eigenvalue weighted by molar-refractivity contribution is 6.30. The molecule has 1 aliphatic heterocycles. The maximum atomic E-state index is 12.8. The zero-order valence-electron chi connectivity index (χ0n) is 14.3. The van der Waals surface area contributed by atoms with Crippen molar-refractivity contribution in [3.05, 3.63) is 70.2 Å². The molecule has 25 heavy (non-hydrogen) atoms. The smallest absolute Gasteiger partial charge is 0.251 e. The van der Waals surface area contributed by atoms with Gasteiger partial charge < -0.3 is 14.8 Å². The van der Waals surface area contributed by atoms with Crippen molar-refractivity contribution in [1.29, 1.82) is 0 Å². The van der Waals surface area contributed by atoms with Crippen LogP contribution in [-0.4, -0.2) is 31.8 Å². The van der Waals surface area contributed by atoms with E-state index in [2.05, 4.69) is 5.32 Å². The van der Waals surface area contributed by atoms with Crippen molar-refractivity contribution in [3.63, 3.8) is 0 Å². The zero-order valence-corrected chi connectivity index (χ0v) is 15.0. The van der Waals surface area contributed by atoms with Crippen molar-refractivity contribution < 1.29 is 14.3 Å². The van der Waals surface area contributed by atoms with E-state index in [1.54, 1.807) is 7.11 Å². The summed E-state index contributed by atoms with van der Waals surface area (Å²) in [5, 5.41) is 3.91. The van der Waals surface area contributed by atoms with Gasteiger partial charge in [-0.25, -0.2) is 0 Å². The Balaban J connectivity index is 1.75. The molecular formula is C20H22ClNO3. The number of hydrogen-bond acceptors (Lipinski definition) is 3. The molecule has 2 aromatic carbocycles. The van der Waals surface area contributed by atoms with Gasteiger partial charge in [0.15, 0.2) is 0 Å². The van der Waals surface area contributed by atoms with Crippen molar-refractivity contribution in [1.82, 2.24) is 5.32 Å². The van der Waals surface area contributed by atoms with Gasteiger partial charge in [0, 0.05) is 24.3 Å². The summed E-state index contributed by atoms with van der Waals surface area (Å²) in [7, 11) is 1.64. The second-order valence-electron chi connectivity index (χ2n) is 6.47. The fourth-order valence-corrected chi connectivity index (χ4v) is 3.29. The van der Waals surface area contributed by atoms with Gasteiger partial charge in [-0.3, -0.25) is 4.79 Å². The number of ether oxygens (including phenoxy) is 2. The first kappa shape index (κ1) is 17.9. The van der Waals surface area contributed by atoms with Gasteiger partial charge in [-0.1, -0.05) is 35.9 Å². The molecule has 0 unspecified atom stereocenters. The molecule has 0 saturated carbocycles. The zero-order chi connectivity index (χ0) is 17.7. The van der Waals surface area contributed by atoms with Crippen LogP contribution in [0.15, 0.2) is 48.5 Å². The van der Waals surface area contributed by atoms with Gasteiger partial charge in [0.1, 0.15) is 0 Å². The van der Waals surface area contributed by atoms with Gasteiger partial charge in [0.2, 0.25) is 0 Å². The number of methoxy groups -OCH3 is 1. The van der Waals surface area contributed by atoms with E-state index in [1.165, 1.54) is 0 Å². The number of amides is 1. The van der Waals surface area contributed by atoms with Crippen molar-refractivity contribution in [2.24, 2.45) is 0 Å². The number of rotatable bonds is 6. The van der Waals surface area contributed by atoms with Crippen LogP contribution >= 0.6 is 11.6 Å². The molecule has 1 amide bonds. The lowest BCUT2D eigenvalue weighted by atomic mass is 9.89. The van der Waals surface area contributed by atoms with Crippen LogP contribution in [0, 0.1) is 0 Å². The van der Waals surface area contributed by atoms with Gasteiger partial charge >= 0.3 is 0 Å². The number of carbonyl (C=O) groups is 1. The standard InChI is InChI=1S/C20H22ClNO3/c1-24-13-16-3-2-4-17(11-16)19(23)22-20(9-10-25-14-20)12-15-5-7-18(21)8-6-15/h2-8,11H,9-10,12-14H2,1H3,(H,22,23)/t20-/m1/s1. The molecule has 1 atom stereocenters. The largest absolute Gasteiger partial charge is 0.380 e. The van der Waals surface area contributed by atoms with Crippen molar-refractivity contribution >= 4 is 17.5 Å². The molecule has 0 aromatic heterocycles. The lowest BCUT2D eigenvalue weighted by molar-refractivity contribution is 0.0877. The number of carbonyl (C=O) groups excluding carboxylic acids is 1. The Morgan fingerprint density at radius 3 is 2.72 bits per heavy atom. The molecular weight excluding hydrogens is 338 g/mol. The van der Waals surface area contributed by atoms with E-state index in [0.717, 1.165) is 17.5 Å². The van der Waals surface area contributed by atoms with Crippen molar-refractivity contribution in [3.8, 4) is 0 Å². The average molecular weight is 360 g/mol. The summed E-state index contributed by atoms with van der Waals surface area (Å²) in [6.45, 7) is 1.65. The van der Waals surface area contributed by atoms with Crippen molar-refractivity contribution in [2.75, 3.05) is 20.3 Å². The van der Waals surface area contributed by atoms with Gasteiger partial charge in [0.05, 0.1) is 18.8 Å². The van der Waals surface area contributed by atoms with Crippen LogP contribution in [0.2, 0.25) is 5.02 Å². The first-order valence-corrected chi connectivity index (χ1v) is 8.71. The summed E-state index contributed by atoms with van der Waals surface area (Å²) in [4.78, 5) is 12.8. The topological polar surface area (TPSA) is 47.6 Å². The number of nitrogens with one attached hydrogen (secondary N) is 1. The predicted octanol–water partition coefficient (Wildman–Crippen LogP) is 3.62. The second kappa shape index (κ2) is 8.00. The SMILES string of the molecule is COCc1cccc(C(=O)N[C@@]2(Cc3ccc(Cl)cc3)CCOC2)c1. The Morgan fingerprint density at radius 2 is 2.04 bits per heavy atom. The highest BCUT2D eigenvalue weighted by Gasteiger charge is 2.36. The lowest BCUT2D eigenvalue weighted by Crippen LogP contribution is -2.50. The van der Waals surface area contributed by atoms with Crippen molar-refractivity contribution in [2.45, 2.75) is 25.0 Å². The molecule has 1 aliphatic rings. The van der Waals surface area contributed by atoms with E-state index in [0.29, 0.717) is 36.8 Å². The number of hydrogen-bond donors (Lipinski definition) is 1. The Hall–Kier alpha value is -1.88. The van der Waals surface area contributed by atoms with Crippen LogP contribution < -0.4 is 5.32 Å². The summed E-state index contributed by atoms with van der Waals surface area (Å²) in [5.74, 6) is -0.0857. The molecule has 5 heteroatoms. The maximum absolute atomic E-state index is 12.8. The fourth-order valence-electron chi connectivity index (χ4n) is 3.16. The van der Waals surface area contributed by atoms with Crippen LogP contribution in [-0.2, 0) is 22.5 Å². The molecule has 132 valence electrons. The third-order valence-electron chi connectivity index (χ3n) is 4.44. The number of halogens is 1. The molecule has 1 saturated heterocycles. The normalized spacial score (nSPS) is 19.8. The molecule has 0 aliphatic carbocycles. The predicted molar refractivity (Wildman–Crippen MR) is 97.9 cm³/mol. The first-order chi connectivity index (χ1) is 12.1. The summed E-state index contributed by atoms with van der Waals surface area (Å²) in [6, 6.07) is 15.2. The fraction of sp³-hybridized carbons (Fsp3) is 0.350. The van der Waals surface area contributed by atoms with E-state index in [9.17, 15) is 4.79 Å². The molecule has 0 spiro atoms. The molecule has 1 N–H and O–H groups in total. The maximum Gasteiger partial charge on any atom is 0.251 e. The van der Waals surface area contributed by atoms with Crippen LogP contribution in [0.25, 0.3) is 0 Å². The average Bonchev–Trinajstić information content (AvgIpc) is 3.06. The monoisotopic (exact) mass is 359 g/mol. The van der Waals surface area contributed by atoms with E-state index < -0.39 is 0 Å². The third kappa shape index (κ3) is 4.60. The van der Waals surface area contributed by atoms with Gasteiger partial charge in [0.25, 0.3) is 5.91 Å². The van der Waals surface area contributed by atoms with Crippen LogP contribution in [0.5, 0.6) is 0 Å². The molecule has 1 fully saturated rings. The summed E-state index contributed by atoms with van der Waals surface area (Å²) in [6.07, 6.45) is 1.51. The van der Waals surface area contributed by atoms with Gasteiger partial charge in [-0.05, 0) is 48.2 Å². The minimum absolute atomic E-state index is 0.0857. The van der Waals surface area contributed by atoms with Gasteiger partial charge in [-0.15, -0.1) is 0 Å². The van der Waals surface area contributed by atoms with Crippen LogP contribution in [0.1, 0.15) is 27.9 Å². The minimum Gasteiger partial charge on any atom is -0.380 e. The van der Waals surface area contributed by atoms with Crippen LogP contribution in [0.3, 0.4) is 0 Å². The van der Waals surface area contributed by atoms with Gasteiger partial charge in [-0.2, -0.15) is 0 Å². The molecule has 3 rings (SSSR count). The third-order valence-corrected chi connectivity index (χ3v) is 4.69. The quantitative estimate of drug-likeness (QED) is 0.857. The summed E-state index contributed by atoms with van der Waals surface area (Å²) < 4.78 is 10.7. The molecule has 0 bridgehead atoms. The Bertz CT molecular complexity index is 724. The van der Waals surface area contributed by atoms with E-state index in [4.69, 9.17) is 21.1 Å². The minimum atomic E-state index is -0.387. The highest BCUT2D eigenvalue weighted by atomic mass is 35.5. The van der Waals surface area contributed by atoms with Crippen LogP contribution in [0.4, 0.5) is 0 Å². The second-order valence-corrected chi connectivity index (χ2v) is 6.91. The molecule has 1 heterocycles. The van der Waals surface area contributed by atoms with E-state index in [1.807, 2.05) is 48.5 Å². The summed E-state index contributed by atoms with van der Waals surface area (Å²) in [5.41, 5.74) is 2.35. The number of benzene rings is 2. The first-order valence-electron chi connectivity index (χ1n) is 8.33. The Labute approximate surface area is 153 Å². The summed E-state index contributed by atoms with van der Waals surface area (Å²) >= 11 is 5.96. The lowest BCUT2D eigenvalue weighted by Gasteiger charge is -2.29. The Morgan fingerprint density at radius 1 is 1.24 bits per heavy atom. The molecule has 4 nitrogen and oxygen atoms in total. The van der Waals surface area contributed by atoms with E-state index in [-0.39, 0.29) is 11.4 Å². The molecule has 0 radical (unpaired) electrons. The Kier molecular flexibility index (Phi) is 5.74. The molecule has 2 aromatic rings. The van der Waals surface area contributed by atoms with E-state index >= 15 is 0 Å². The highest BCUT2D eigenvalue weighted by Crippen LogP contribution is 2.25.